The predicted octanol–water partition coefficient (Wildman–Crippen LogP) is 11.5. The zero-order valence-corrected chi connectivity index (χ0v) is 26.1. The first-order valence-corrected chi connectivity index (χ1v) is 17.3. The van der Waals surface area contributed by atoms with Crippen molar-refractivity contribution >= 4 is 0 Å². The van der Waals surface area contributed by atoms with E-state index in [0.717, 1.165) is 30.3 Å². The molecule has 0 saturated carbocycles. The van der Waals surface area contributed by atoms with Crippen LogP contribution in [-0.2, 0) is 19.3 Å². The van der Waals surface area contributed by atoms with Gasteiger partial charge in [-0.1, -0.05) is 168 Å². The van der Waals surface area contributed by atoms with Crippen LogP contribution in [0.25, 0.3) is 0 Å². The summed E-state index contributed by atoms with van der Waals surface area (Å²) >= 11 is 0. The largest absolute Gasteiger partial charge is 0.218 e. The highest BCUT2D eigenvalue weighted by Gasteiger charge is 2.06. The monoisotopic (exact) mass is 529 g/mol. The van der Waals surface area contributed by atoms with Crippen molar-refractivity contribution in [3.8, 4) is 0 Å². The van der Waals surface area contributed by atoms with E-state index >= 15 is 0 Å². The van der Waals surface area contributed by atoms with E-state index in [1.807, 2.05) is 0 Å². The minimum atomic E-state index is 0.666. The molecule has 3 nitrogen and oxygen atoms in total. The number of hydrogen-bond acceptors (Lipinski definition) is 3. The van der Waals surface area contributed by atoms with Crippen LogP contribution in [0.5, 0.6) is 0 Å². The third kappa shape index (κ3) is 21.9. The second-order valence-electron chi connectivity index (χ2n) is 11.8. The van der Waals surface area contributed by atoms with Crippen LogP contribution in [0.1, 0.15) is 198 Å². The lowest BCUT2D eigenvalue weighted by Crippen LogP contribution is -2.08. The summed E-state index contributed by atoms with van der Waals surface area (Å²) in [5.41, 5.74) is 0. The Hall–Kier alpha value is -0.990. The van der Waals surface area contributed by atoms with Crippen molar-refractivity contribution in [3.05, 3.63) is 24.4 Å². The first kappa shape index (κ1) is 35.0. The van der Waals surface area contributed by atoms with Crippen molar-refractivity contribution in [1.29, 1.82) is 0 Å². The smallest absolute Gasteiger partial charge is 0.132 e. The van der Waals surface area contributed by atoms with Crippen LogP contribution >= 0.6 is 0 Å². The van der Waals surface area contributed by atoms with Gasteiger partial charge in [0, 0.05) is 19.3 Å². The van der Waals surface area contributed by atoms with E-state index in [1.165, 1.54) is 167 Å². The van der Waals surface area contributed by atoms with E-state index < -0.39 is 0 Å². The molecule has 0 aromatic carbocycles. The fourth-order valence-corrected chi connectivity index (χ4v) is 5.46. The SMILES string of the molecule is [CH2]Cc1nc(CCCCCCCCCCCCCCC)nc(CCCCCCCCCCCCCCC)n1. The summed E-state index contributed by atoms with van der Waals surface area (Å²) in [5, 5.41) is 0. The van der Waals surface area contributed by atoms with Gasteiger partial charge in [-0.15, -0.1) is 0 Å². The predicted molar refractivity (Wildman–Crippen MR) is 168 cm³/mol. The van der Waals surface area contributed by atoms with Gasteiger partial charge in [-0.05, 0) is 19.8 Å². The zero-order chi connectivity index (χ0) is 27.4. The summed E-state index contributed by atoms with van der Waals surface area (Å²) in [4.78, 5) is 14.2. The lowest BCUT2D eigenvalue weighted by atomic mass is 10.0. The number of aromatic nitrogens is 3. The van der Waals surface area contributed by atoms with Gasteiger partial charge in [0.2, 0.25) is 0 Å². The van der Waals surface area contributed by atoms with Gasteiger partial charge in [0.05, 0.1) is 0 Å². The average molecular weight is 529 g/mol. The second-order valence-corrected chi connectivity index (χ2v) is 11.8. The molecule has 1 rings (SSSR count). The Balaban J connectivity index is 2.03. The van der Waals surface area contributed by atoms with Crippen molar-refractivity contribution in [1.82, 2.24) is 15.0 Å². The molecule has 1 aromatic rings. The van der Waals surface area contributed by atoms with Crippen LogP contribution in [-0.4, -0.2) is 15.0 Å². The van der Waals surface area contributed by atoms with Crippen molar-refractivity contribution < 1.29 is 0 Å². The van der Waals surface area contributed by atoms with Crippen LogP contribution in [0.15, 0.2) is 0 Å². The third-order valence-corrected chi connectivity index (χ3v) is 8.01. The molecule has 0 unspecified atom stereocenters. The Morgan fingerprint density at radius 2 is 0.579 bits per heavy atom. The van der Waals surface area contributed by atoms with Gasteiger partial charge >= 0.3 is 0 Å². The minimum Gasteiger partial charge on any atom is -0.218 e. The van der Waals surface area contributed by atoms with Gasteiger partial charge in [0.1, 0.15) is 17.5 Å². The molecule has 0 bridgehead atoms. The first-order chi connectivity index (χ1) is 18.8. The van der Waals surface area contributed by atoms with Crippen LogP contribution in [0.3, 0.4) is 0 Å². The van der Waals surface area contributed by atoms with Gasteiger partial charge in [-0.2, -0.15) is 0 Å². The molecule has 0 amide bonds. The van der Waals surface area contributed by atoms with E-state index in [0.29, 0.717) is 6.42 Å². The van der Waals surface area contributed by atoms with E-state index in [-0.39, 0.29) is 0 Å². The fraction of sp³-hybridized carbons (Fsp3) is 0.886. The molecule has 1 aromatic heterocycles. The summed E-state index contributed by atoms with van der Waals surface area (Å²) in [6, 6.07) is 0. The second kappa shape index (κ2) is 27.6. The van der Waals surface area contributed by atoms with Gasteiger partial charge in [-0.3, -0.25) is 0 Å². The van der Waals surface area contributed by atoms with Gasteiger partial charge in [-0.25, -0.2) is 15.0 Å². The number of nitrogens with zero attached hydrogens (tertiary/aromatic N) is 3. The van der Waals surface area contributed by atoms with Crippen LogP contribution in [0.4, 0.5) is 0 Å². The number of aryl methyl sites for hydroxylation is 2. The average Bonchev–Trinajstić information content (AvgIpc) is 2.93. The maximum absolute atomic E-state index is 4.82. The highest BCUT2D eigenvalue weighted by Crippen LogP contribution is 2.15. The van der Waals surface area contributed by atoms with Crippen LogP contribution in [0, 0.1) is 6.92 Å². The van der Waals surface area contributed by atoms with E-state index in [4.69, 9.17) is 4.98 Å². The van der Waals surface area contributed by atoms with Crippen LogP contribution < -0.4 is 0 Å². The van der Waals surface area contributed by atoms with Crippen molar-refractivity contribution in [2.24, 2.45) is 0 Å². The molecule has 0 saturated heterocycles. The standard InChI is InChI=1S/C35H66N3/c1-4-7-9-11-13-15-17-19-21-23-25-27-29-31-34-36-33(6-3)37-35(38-34)32-30-28-26-24-22-20-18-16-14-12-10-8-5-2/h3-32H2,1-2H3. The molecule has 0 N–H and O–H groups in total. The topological polar surface area (TPSA) is 38.7 Å². The summed E-state index contributed by atoms with van der Waals surface area (Å²) < 4.78 is 0. The summed E-state index contributed by atoms with van der Waals surface area (Å²) in [6.07, 6.45) is 38.8. The molecule has 38 heavy (non-hydrogen) atoms. The zero-order valence-electron chi connectivity index (χ0n) is 26.1. The lowest BCUT2D eigenvalue weighted by Gasteiger charge is -2.07. The van der Waals surface area contributed by atoms with Gasteiger partial charge < -0.3 is 0 Å². The molecule has 0 aliphatic heterocycles. The van der Waals surface area contributed by atoms with Gasteiger partial charge in [0.15, 0.2) is 0 Å². The Morgan fingerprint density at radius 3 is 0.842 bits per heavy atom. The van der Waals surface area contributed by atoms with Crippen molar-refractivity contribution in [2.75, 3.05) is 0 Å². The van der Waals surface area contributed by atoms with Crippen molar-refractivity contribution in [2.45, 2.75) is 200 Å². The van der Waals surface area contributed by atoms with E-state index in [2.05, 4.69) is 30.7 Å². The number of rotatable bonds is 29. The lowest BCUT2D eigenvalue weighted by molar-refractivity contribution is 0.535. The highest BCUT2D eigenvalue weighted by atomic mass is 15.0. The Labute approximate surface area is 239 Å². The normalized spacial score (nSPS) is 11.4. The van der Waals surface area contributed by atoms with Crippen LogP contribution in [0.2, 0.25) is 0 Å². The fourth-order valence-electron chi connectivity index (χ4n) is 5.46. The summed E-state index contributed by atoms with van der Waals surface area (Å²) in [5.74, 6) is 2.90. The quantitative estimate of drug-likeness (QED) is 0.0970. The maximum Gasteiger partial charge on any atom is 0.132 e. The number of unbranched alkanes of at least 4 members (excludes halogenated alkanes) is 24. The molecule has 221 valence electrons. The number of hydrogen-bond donors (Lipinski definition) is 0. The molecule has 1 heterocycles. The molecular weight excluding hydrogens is 462 g/mol. The van der Waals surface area contributed by atoms with E-state index in [9.17, 15) is 0 Å². The molecule has 0 spiro atoms. The Kier molecular flexibility index (Phi) is 25.4. The molecule has 3 heteroatoms. The maximum atomic E-state index is 4.82. The molecule has 1 radical (unpaired) electrons. The molecule has 0 fully saturated rings. The third-order valence-electron chi connectivity index (χ3n) is 8.01. The summed E-state index contributed by atoms with van der Waals surface area (Å²) in [6.45, 7) is 8.61. The molecule has 0 aliphatic carbocycles. The molecule has 0 aliphatic rings. The highest BCUT2D eigenvalue weighted by molar-refractivity contribution is 4.99. The van der Waals surface area contributed by atoms with E-state index in [1.54, 1.807) is 0 Å². The van der Waals surface area contributed by atoms with Gasteiger partial charge in [0.25, 0.3) is 0 Å². The Morgan fingerprint density at radius 1 is 0.342 bits per heavy atom. The first-order valence-electron chi connectivity index (χ1n) is 17.3. The Bertz CT molecular complexity index is 567. The molecule has 0 atom stereocenters. The summed E-state index contributed by atoms with van der Waals surface area (Å²) in [7, 11) is 0. The minimum absolute atomic E-state index is 0.666. The molecular formula is C35H66N3. The van der Waals surface area contributed by atoms with Crippen molar-refractivity contribution in [3.63, 3.8) is 0 Å².